The van der Waals surface area contributed by atoms with Crippen LogP contribution in [-0.2, 0) is 25.7 Å². The maximum Gasteiger partial charge on any atom is 0.321 e. The van der Waals surface area contributed by atoms with Crippen LogP contribution in [0.15, 0.2) is 24.3 Å². The van der Waals surface area contributed by atoms with Gasteiger partial charge in [-0.1, -0.05) is 0 Å². The molecule has 134 valence electrons. The number of carboxylic acid groups (broad SMARTS) is 1. The molecule has 0 bridgehead atoms. The molecule has 0 aromatic heterocycles. The van der Waals surface area contributed by atoms with Crippen LogP contribution in [0.3, 0.4) is 0 Å². The Hall–Kier alpha value is -2.46. The number of aliphatic carboxylic acids is 1. The van der Waals surface area contributed by atoms with Gasteiger partial charge >= 0.3 is 11.9 Å². The molecule has 10 heteroatoms. The summed E-state index contributed by atoms with van der Waals surface area (Å²) in [7, 11) is 0. The highest BCUT2D eigenvalue weighted by molar-refractivity contribution is 8.11. The van der Waals surface area contributed by atoms with Crippen LogP contribution in [0, 0.1) is 10.1 Å². The summed E-state index contributed by atoms with van der Waals surface area (Å²) in [6.45, 7) is 0.376. The number of carbonyl (C=O) groups is 3. The molecular weight excluding hydrogens is 352 g/mol. The third-order valence-electron chi connectivity index (χ3n) is 3.54. The van der Waals surface area contributed by atoms with E-state index >= 15 is 0 Å². The second kappa shape index (κ2) is 8.58. The van der Waals surface area contributed by atoms with E-state index < -0.39 is 34.4 Å². The molecule has 1 unspecified atom stereocenters. The van der Waals surface area contributed by atoms with Crippen molar-refractivity contribution in [2.24, 2.45) is 0 Å². The Morgan fingerprint density at radius 3 is 2.60 bits per heavy atom. The third-order valence-corrected chi connectivity index (χ3v) is 4.56. The van der Waals surface area contributed by atoms with E-state index in [9.17, 15) is 24.5 Å². The summed E-state index contributed by atoms with van der Waals surface area (Å²) >= 11 is 0.737. The van der Waals surface area contributed by atoms with E-state index in [0.717, 1.165) is 11.9 Å². The van der Waals surface area contributed by atoms with Crippen LogP contribution in [0.1, 0.15) is 24.8 Å². The summed E-state index contributed by atoms with van der Waals surface area (Å²) < 4.78 is 6.43. The van der Waals surface area contributed by atoms with Crippen LogP contribution < -0.4 is 0 Å². The summed E-state index contributed by atoms with van der Waals surface area (Å²) in [6, 6.07) is 4.80. The molecule has 25 heavy (non-hydrogen) atoms. The largest absolute Gasteiger partial charge is 0.480 e. The van der Waals surface area contributed by atoms with Crippen molar-refractivity contribution >= 4 is 34.7 Å². The highest BCUT2D eigenvalue weighted by atomic mass is 32.2. The Kier molecular flexibility index (Phi) is 6.48. The van der Waals surface area contributed by atoms with E-state index in [-0.39, 0.29) is 12.3 Å². The number of ether oxygens (including phenoxy) is 1. The molecule has 1 atom stereocenters. The Morgan fingerprint density at radius 2 is 2.00 bits per heavy atom. The fourth-order valence-electron chi connectivity index (χ4n) is 2.31. The molecule has 1 aliphatic rings. The zero-order valence-electron chi connectivity index (χ0n) is 13.1. The number of carbonyl (C=O) groups excluding carboxylic acids is 2. The van der Waals surface area contributed by atoms with Crippen LogP contribution >= 0.6 is 11.9 Å². The standard InChI is InChI=1S/C15H16N2O7S/c18-13(24-9-10-3-5-11(6-4-10)17(22)23)8-14(19)25-16-7-1-2-12(16)15(20)21/h3-6,12H,1-2,7-9H2,(H,20,21). The number of esters is 1. The van der Waals surface area contributed by atoms with Gasteiger partial charge in [0.05, 0.1) is 4.92 Å². The number of nitrogens with zero attached hydrogens (tertiary/aromatic N) is 2. The Morgan fingerprint density at radius 1 is 1.32 bits per heavy atom. The zero-order valence-corrected chi connectivity index (χ0v) is 13.9. The summed E-state index contributed by atoms with van der Waals surface area (Å²) in [5.41, 5.74) is 0.491. The highest BCUT2D eigenvalue weighted by Gasteiger charge is 2.33. The van der Waals surface area contributed by atoms with Gasteiger partial charge in [-0.3, -0.25) is 24.5 Å². The van der Waals surface area contributed by atoms with Gasteiger partial charge in [0.25, 0.3) is 5.69 Å². The van der Waals surface area contributed by atoms with Gasteiger partial charge in [0.15, 0.2) is 0 Å². The lowest BCUT2D eigenvalue weighted by Gasteiger charge is -2.18. The van der Waals surface area contributed by atoms with Crippen molar-refractivity contribution in [2.45, 2.75) is 31.9 Å². The van der Waals surface area contributed by atoms with Gasteiger partial charge in [0, 0.05) is 18.7 Å². The van der Waals surface area contributed by atoms with Crippen LogP contribution in [0.5, 0.6) is 0 Å². The minimum atomic E-state index is -0.987. The van der Waals surface area contributed by atoms with Gasteiger partial charge in [0.2, 0.25) is 5.12 Å². The van der Waals surface area contributed by atoms with Crippen molar-refractivity contribution in [2.75, 3.05) is 6.54 Å². The highest BCUT2D eigenvalue weighted by Crippen LogP contribution is 2.26. The Balaban J connectivity index is 1.76. The Bertz CT molecular complexity index is 677. The number of carboxylic acids is 1. The van der Waals surface area contributed by atoms with Crippen LogP contribution in [0.2, 0.25) is 0 Å². The normalized spacial score (nSPS) is 17.2. The average molecular weight is 368 g/mol. The molecule has 0 spiro atoms. The molecule has 1 aromatic carbocycles. The van der Waals surface area contributed by atoms with Gasteiger partial charge in [0.1, 0.15) is 19.1 Å². The first-order valence-corrected chi connectivity index (χ1v) is 8.23. The van der Waals surface area contributed by atoms with E-state index in [1.165, 1.54) is 28.6 Å². The molecule has 2 rings (SSSR count). The lowest BCUT2D eigenvalue weighted by Crippen LogP contribution is -2.32. The second-order valence-electron chi connectivity index (χ2n) is 5.36. The average Bonchev–Trinajstić information content (AvgIpc) is 3.01. The summed E-state index contributed by atoms with van der Waals surface area (Å²) in [5, 5.41) is 19.1. The second-order valence-corrected chi connectivity index (χ2v) is 6.47. The van der Waals surface area contributed by atoms with Crippen molar-refractivity contribution < 1.29 is 29.2 Å². The first-order chi connectivity index (χ1) is 11.9. The van der Waals surface area contributed by atoms with Crippen molar-refractivity contribution in [1.82, 2.24) is 4.31 Å². The van der Waals surface area contributed by atoms with Gasteiger partial charge < -0.3 is 9.84 Å². The molecule has 0 amide bonds. The maximum atomic E-state index is 11.9. The molecule has 1 heterocycles. The molecule has 9 nitrogen and oxygen atoms in total. The smallest absolute Gasteiger partial charge is 0.321 e. The molecule has 1 fully saturated rings. The fraction of sp³-hybridized carbons (Fsp3) is 0.400. The molecule has 0 radical (unpaired) electrons. The number of nitro groups is 1. The van der Waals surface area contributed by atoms with Gasteiger partial charge in [-0.25, -0.2) is 4.31 Å². The SMILES string of the molecule is O=C(CC(=O)SN1CCCC1C(=O)O)OCc1ccc([N+](=O)[O-])cc1. The van der Waals surface area contributed by atoms with E-state index in [1.54, 1.807) is 0 Å². The molecule has 1 N–H and O–H groups in total. The molecule has 1 aromatic rings. The monoisotopic (exact) mass is 368 g/mol. The Labute approximate surface area is 147 Å². The zero-order chi connectivity index (χ0) is 18.4. The fourth-order valence-corrected chi connectivity index (χ4v) is 3.29. The van der Waals surface area contributed by atoms with Crippen molar-refractivity contribution in [3.63, 3.8) is 0 Å². The van der Waals surface area contributed by atoms with Crippen molar-refractivity contribution in [3.8, 4) is 0 Å². The summed E-state index contributed by atoms with van der Waals surface area (Å²) in [5.74, 6) is -1.72. The third kappa shape index (κ3) is 5.54. The van der Waals surface area contributed by atoms with Crippen LogP contribution in [-0.4, -0.2) is 44.0 Å². The quantitative estimate of drug-likeness (QED) is 0.252. The number of hydrogen-bond acceptors (Lipinski definition) is 8. The lowest BCUT2D eigenvalue weighted by molar-refractivity contribution is -0.384. The van der Waals surface area contributed by atoms with Crippen molar-refractivity contribution in [1.29, 1.82) is 0 Å². The van der Waals surface area contributed by atoms with E-state index in [0.29, 0.717) is 24.9 Å². The molecule has 0 aliphatic carbocycles. The minimum Gasteiger partial charge on any atom is -0.480 e. The van der Waals surface area contributed by atoms with E-state index in [1.807, 2.05) is 0 Å². The number of nitro benzene ring substituents is 1. The number of non-ortho nitro benzene ring substituents is 1. The predicted octanol–water partition coefficient (Wildman–Crippen LogP) is 1.75. The molecule has 1 aliphatic heterocycles. The van der Waals surface area contributed by atoms with E-state index in [2.05, 4.69) is 0 Å². The molecule has 1 saturated heterocycles. The summed E-state index contributed by atoms with van der Waals surface area (Å²) in [6.07, 6.45) is 0.683. The number of benzene rings is 1. The van der Waals surface area contributed by atoms with Gasteiger partial charge in [-0.15, -0.1) is 0 Å². The number of hydrogen-bond donors (Lipinski definition) is 1. The van der Waals surface area contributed by atoms with Crippen LogP contribution in [0.25, 0.3) is 0 Å². The first-order valence-electron chi connectivity index (χ1n) is 7.46. The van der Waals surface area contributed by atoms with E-state index in [4.69, 9.17) is 9.84 Å². The summed E-state index contributed by atoms with van der Waals surface area (Å²) in [4.78, 5) is 44.6. The maximum absolute atomic E-state index is 11.9. The molecule has 0 saturated carbocycles. The topological polar surface area (TPSA) is 127 Å². The molecular formula is C15H16N2O7S. The van der Waals surface area contributed by atoms with Crippen molar-refractivity contribution in [3.05, 3.63) is 39.9 Å². The van der Waals surface area contributed by atoms with Crippen LogP contribution in [0.4, 0.5) is 5.69 Å². The first kappa shape index (κ1) is 18.9. The van der Waals surface area contributed by atoms with Gasteiger partial charge in [-0.05, 0) is 42.5 Å². The number of rotatable bonds is 7. The predicted molar refractivity (Wildman–Crippen MR) is 87.5 cm³/mol. The van der Waals surface area contributed by atoms with Gasteiger partial charge in [-0.2, -0.15) is 0 Å². The minimum absolute atomic E-state index is 0.0692. The lowest BCUT2D eigenvalue weighted by atomic mass is 10.2.